The Morgan fingerprint density at radius 2 is 2.04 bits per heavy atom. The minimum Gasteiger partial charge on any atom is -0.507 e. The lowest BCUT2D eigenvalue weighted by Crippen LogP contribution is -2.37. The Morgan fingerprint density at radius 3 is 2.83 bits per heavy atom. The molecule has 1 saturated heterocycles. The number of aromatic hydroxyl groups is 1. The first-order valence-corrected chi connectivity index (χ1v) is 8.47. The van der Waals surface area contributed by atoms with E-state index >= 15 is 0 Å². The summed E-state index contributed by atoms with van der Waals surface area (Å²) in [6.45, 7) is 2.69. The van der Waals surface area contributed by atoms with E-state index in [1.807, 2.05) is 18.2 Å². The highest BCUT2D eigenvalue weighted by Crippen LogP contribution is 2.22. The molecular formula is C18H19BrN2O2. The molecule has 2 aromatic rings. The molecule has 120 valence electrons. The van der Waals surface area contributed by atoms with Crippen molar-refractivity contribution in [2.45, 2.75) is 19.0 Å². The molecular weight excluding hydrogens is 356 g/mol. The van der Waals surface area contributed by atoms with Gasteiger partial charge in [-0.3, -0.25) is 9.69 Å². The van der Waals surface area contributed by atoms with Crippen molar-refractivity contribution in [1.82, 2.24) is 10.2 Å². The van der Waals surface area contributed by atoms with Crippen LogP contribution in [0, 0.1) is 0 Å². The summed E-state index contributed by atoms with van der Waals surface area (Å²) in [6, 6.07) is 15.3. The molecule has 1 heterocycles. The van der Waals surface area contributed by atoms with Crippen LogP contribution in [-0.4, -0.2) is 35.0 Å². The fourth-order valence-corrected chi connectivity index (χ4v) is 3.25. The lowest BCUT2D eigenvalue weighted by Gasteiger charge is -2.17. The molecule has 1 atom stereocenters. The van der Waals surface area contributed by atoms with Gasteiger partial charge in [-0.25, -0.2) is 0 Å². The van der Waals surface area contributed by atoms with Gasteiger partial charge in [0.2, 0.25) is 0 Å². The van der Waals surface area contributed by atoms with Gasteiger partial charge in [0.1, 0.15) is 5.75 Å². The van der Waals surface area contributed by atoms with Gasteiger partial charge in [-0.1, -0.05) is 46.3 Å². The third-order valence-corrected chi connectivity index (χ3v) is 4.55. The number of hydrogen-bond donors (Lipinski definition) is 2. The summed E-state index contributed by atoms with van der Waals surface area (Å²) in [7, 11) is 0. The van der Waals surface area contributed by atoms with Crippen LogP contribution >= 0.6 is 15.9 Å². The van der Waals surface area contributed by atoms with E-state index in [0.717, 1.165) is 30.5 Å². The average Bonchev–Trinajstić information content (AvgIpc) is 2.97. The molecule has 2 N–H and O–H groups in total. The number of amides is 1. The summed E-state index contributed by atoms with van der Waals surface area (Å²) < 4.78 is 0.776. The zero-order valence-corrected chi connectivity index (χ0v) is 14.3. The maximum Gasteiger partial charge on any atom is 0.255 e. The number of halogens is 1. The Morgan fingerprint density at radius 1 is 1.26 bits per heavy atom. The number of nitrogens with zero attached hydrogens (tertiary/aromatic N) is 1. The topological polar surface area (TPSA) is 52.6 Å². The van der Waals surface area contributed by atoms with E-state index in [2.05, 4.69) is 38.3 Å². The molecule has 0 aliphatic carbocycles. The molecule has 4 nitrogen and oxygen atoms in total. The number of phenols is 1. The third-order valence-electron chi connectivity index (χ3n) is 4.06. The highest BCUT2D eigenvalue weighted by molar-refractivity contribution is 9.10. The standard InChI is InChI=1S/C18H19BrN2O2/c19-14-6-7-17(22)16(10-14)18(23)20-15-8-9-21(12-15)11-13-4-2-1-3-5-13/h1-7,10,15,22H,8-9,11-12H2,(H,20,23). The smallest absolute Gasteiger partial charge is 0.255 e. The summed E-state index contributed by atoms with van der Waals surface area (Å²) >= 11 is 3.32. The zero-order chi connectivity index (χ0) is 16.2. The van der Waals surface area contributed by atoms with Gasteiger partial charge in [-0.05, 0) is 30.2 Å². The lowest BCUT2D eigenvalue weighted by molar-refractivity contribution is 0.0935. The summed E-state index contributed by atoms with van der Waals surface area (Å²) in [5.74, 6) is -0.222. The van der Waals surface area contributed by atoms with Crippen LogP contribution in [0.1, 0.15) is 22.3 Å². The van der Waals surface area contributed by atoms with Crippen LogP contribution in [0.2, 0.25) is 0 Å². The first kappa shape index (κ1) is 16.0. The predicted molar refractivity (Wildman–Crippen MR) is 93.4 cm³/mol. The van der Waals surface area contributed by atoms with Crippen molar-refractivity contribution in [1.29, 1.82) is 0 Å². The van der Waals surface area contributed by atoms with Gasteiger partial charge in [0.05, 0.1) is 5.56 Å². The monoisotopic (exact) mass is 374 g/mol. The van der Waals surface area contributed by atoms with E-state index < -0.39 is 0 Å². The van der Waals surface area contributed by atoms with Gasteiger partial charge < -0.3 is 10.4 Å². The molecule has 2 aromatic carbocycles. The summed E-state index contributed by atoms with van der Waals surface area (Å²) in [5, 5.41) is 12.9. The molecule has 1 aliphatic heterocycles. The Labute approximate surface area is 144 Å². The zero-order valence-electron chi connectivity index (χ0n) is 12.7. The molecule has 0 saturated carbocycles. The van der Waals surface area contributed by atoms with Crippen molar-refractivity contribution in [2.24, 2.45) is 0 Å². The number of rotatable bonds is 4. The van der Waals surface area contributed by atoms with Gasteiger partial charge in [0.25, 0.3) is 5.91 Å². The molecule has 5 heteroatoms. The van der Waals surface area contributed by atoms with Crippen LogP contribution in [0.3, 0.4) is 0 Å². The Hall–Kier alpha value is -1.85. The van der Waals surface area contributed by atoms with Crippen molar-refractivity contribution in [3.8, 4) is 5.75 Å². The molecule has 0 aromatic heterocycles. The summed E-state index contributed by atoms with van der Waals surface area (Å²) in [6.07, 6.45) is 0.924. The van der Waals surface area contributed by atoms with Crippen molar-refractivity contribution < 1.29 is 9.90 Å². The van der Waals surface area contributed by atoms with Crippen LogP contribution in [0.15, 0.2) is 53.0 Å². The Balaban J connectivity index is 1.57. The number of nitrogens with one attached hydrogen (secondary N) is 1. The van der Waals surface area contributed by atoms with E-state index in [9.17, 15) is 9.90 Å². The maximum absolute atomic E-state index is 12.3. The number of hydrogen-bond acceptors (Lipinski definition) is 3. The predicted octanol–water partition coefficient (Wildman–Crippen LogP) is 3.16. The molecule has 1 fully saturated rings. The number of phenolic OH excluding ortho intramolecular Hbond substituents is 1. The van der Waals surface area contributed by atoms with E-state index in [1.165, 1.54) is 11.6 Å². The highest BCUT2D eigenvalue weighted by atomic mass is 79.9. The number of carbonyl (C=O) groups excluding carboxylic acids is 1. The molecule has 1 unspecified atom stereocenters. The first-order chi connectivity index (χ1) is 11.1. The minimum absolute atomic E-state index is 0.00448. The molecule has 0 spiro atoms. The van der Waals surface area contributed by atoms with Crippen LogP contribution in [0.25, 0.3) is 0 Å². The molecule has 0 bridgehead atoms. The van der Waals surface area contributed by atoms with Gasteiger partial charge in [0.15, 0.2) is 0 Å². The Kier molecular flexibility index (Phi) is 4.98. The molecule has 1 amide bonds. The van der Waals surface area contributed by atoms with E-state index in [0.29, 0.717) is 5.56 Å². The molecule has 0 radical (unpaired) electrons. The van der Waals surface area contributed by atoms with E-state index in [1.54, 1.807) is 12.1 Å². The molecule has 3 rings (SSSR count). The van der Waals surface area contributed by atoms with Crippen LogP contribution in [0.5, 0.6) is 5.75 Å². The normalized spacial score (nSPS) is 18.0. The van der Waals surface area contributed by atoms with Gasteiger partial charge in [-0.2, -0.15) is 0 Å². The number of carbonyl (C=O) groups is 1. The van der Waals surface area contributed by atoms with Crippen molar-refractivity contribution in [3.05, 3.63) is 64.1 Å². The number of benzene rings is 2. The van der Waals surface area contributed by atoms with Crippen molar-refractivity contribution in [3.63, 3.8) is 0 Å². The number of likely N-dealkylation sites (tertiary alicyclic amines) is 1. The largest absolute Gasteiger partial charge is 0.507 e. The second-order valence-electron chi connectivity index (χ2n) is 5.84. The van der Waals surface area contributed by atoms with Crippen molar-refractivity contribution >= 4 is 21.8 Å². The maximum atomic E-state index is 12.3. The van der Waals surface area contributed by atoms with E-state index in [-0.39, 0.29) is 17.7 Å². The molecule has 1 aliphatic rings. The van der Waals surface area contributed by atoms with Crippen LogP contribution in [0.4, 0.5) is 0 Å². The second kappa shape index (κ2) is 7.15. The SMILES string of the molecule is O=C(NC1CCN(Cc2ccccc2)C1)c1cc(Br)ccc1O. The molecule has 23 heavy (non-hydrogen) atoms. The quantitative estimate of drug-likeness (QED) is 0.863. The van der Waals surface area contributed by atoms with Crippen molar-refractivity contribution in [2.75, 3.05) is 13.1 Å². The Bertz CT molecular complexity index is 691. The van der Waals surface area contributed by atoms with Gasteiger partial charge in [0, 0.05) is 30.1 Å². The van der Waals surface area contributed by atoms with Gasteiger partial charge >= 0.3 is 0 Å². The van der Waals surface area contributed by atoms with Gasteiger partial charge in [-0.15, -0.1) is 0 Å². The van der Waals surface area contributed by atoms with Crippen LogP contribution in [-0.2, 0) is 6.54 Å². The fraction of sp³-hybridized carbons (Fsp3) is 0.278. The van der Waals surface area contributed by atoms with Crippen LogP contribution < -0.4 is 5.32 Å². The third kappa shape index (κ3) is 4.12. The summed E-state index contributed by atoms with van der Waals surface area (Å²) in [4.78, 5) is 14.7. The van der Waals surface area contributed by atoms with E-state index in [4.69, 9.17) is 0 Å². The average molecular weight is 375 g/mol. The summed E-state index contributed by atoms with van der Waals surface area (Å²) in [5.41, 5.74) is 1.59. The second-order valence-corrected chi connectivity index (χ2v) is 6.76. The highest BCUT2D eigenvalue weighted by Gasteiger charge is 2.25. The first-order valence-electron chi connectivity index (χ1n) is 7.67. The minimum atomic E-state index is -0.227. The fourth-order valence-electron chi connectivity index (χ4n) is 2.89. The lowest BCUT2D eigenvalue weighted by atomic mass is 10.1.